The predicted molar refractivity (Wildman–Crippen MR) is 48.3 cm³/mol. The van der Waals surface area contributed by atoms with Gasteiger partial charge in [0.1, 0.15) is 0 Å². The first kappa shape index (κ1) is 9.01. The van der Waals surface area contributed by atoms with Gasteiger partial charge < -0.3 is 0 Å². The first-order valence-corrected chi connectivity index (χ1v) is 4.71. The molecule has 0 aromatic rings. The van der Waals surface area contributed by atoms with E-state index < -0.39 is 0 Å². The lowest BCUT2D eigenvalue weighted by atomic mass is 10.0. The van der Waals surface area contributed by atoms with Gasteiger partial charge in [-0.2, -0.15) is 0 Å². The van der Waals surface area contributed by atoms with Crippen molar-refractivity contribution in [2.75, 3.05) is 20.6 Å². The third kappa shape index (κ3) is 3.21. The molecule has 0 heterocycles. The van der Waals surface area contributed by atoms with E-state index in [1.54, 1.807) is 0 Å². The molecule has 2 nitrogen and oxygen atoms in total. The first-order valence-electron chi connectivity index (χ1n) is 4.71. The number of hydrogen-bond acceptors (Lipinski definition) is 2. The van der Waals surface area contributed by atoms with Gasteiger partial charge in [-0.25, -0.2) is 5.01 Å². The van der Waals surface area contributed by atoms with Crippen LogP contribution in [-0.4, -0.2) is 25.6 Å². The SMILES string of the molecule is CNN(C)CCC1CCCC1. The van der Waals surface area contributed by atoms with Crippen molar-refractivity contribution in [3.05, 3.63) is 0 Å². The topological polar surface area (TPSA) is 15.3 Å². The second-order valence-electron chi connectivity index (χ2n) is 3.58. The summed E-state index contributed by atoms with van der Waals surface area (Å²) in [4.78, 5) is 0. The largest absolute Gasteiger partial charge is 0.259 e. The van der Waals surface area contributed by atoms with E-state index >= 15 is 0 Å². The van der Waals surface area contributed by atoms with Crippen molar-refractivity contribution in [3.8, 4) is 0 Å². The highest BCUT2D eigenvalue weighted by Gasteiger charge is 2.14. The molecule has 1 saturated carbocycles. The van der Waals surface area contributed by atoms with Crippen LogP contribution in [0, 0.1) is 5.92 Å². The van der Waals surface area contributed by atoms with Gasteiger partial charge in [-0.1, -0.05) is 25.7 Å². The molecule has 11 heavy (non-hydrogen) atoms. The zero-order chi connectivity index (χ0) is 8.10. The maximum Gasteiger partial charge on any atom is 0.0130 e. The van der Waals surface area contributed by atoms with E-state index in [-0.39, 0.29) is 0 Å². The number of nitrogens with zero attached hydrogens (tertiary/aromatic N) is 1. The molecule has 1 N–H and O–H groups in total. The minimum Gasteiger partial charge on any atom is -0.259 e. The molecule has 0 aromatic carbocycles. The molecule has 0 atom stereocenters. The Hall–Kier alpha value is -0.0800. The molecule has 0 saturated heterocycles. The van der Waals surface area contributed by atoms with Gasteiger partial charge in [0.15, 0.2) is 0 Å². The molecular weight excluding hydrogens is 136 g/mol. The minimum absolute atomic E-state index is 1.02. The van der Waals surface area contributed by atoms with Crippen LogP contribution in [0.1, 0.15) is 32.1 Å². The first-order chi connectivity index (χ1) is 5.33. The standard InChI is InChI=1S/C9H20N2/c1-10-11(2)8-7-9-5-3-4-6-9/h9-10H,3-8H2,1-2H3. The van der Waals surface area contributed by atoms with Crippen LogP contribution in [0.3, 0.4) is 0 Å². The normalized spacial score (nSPS) is 19.9. The van der Waals surface area contributed by atoms with Gasteiger partial charge in [0.05, 0.1) is 0 Å². The van der Waals surface area contributed by atoms with Crippen LogP contribution in [0.2, 0.25) is 0 Å². The Kier molecular flexibility index (Phi) is 3.87. The molecular formula is C9H20N2. The van der Waals surface area contributed by atoms with Gasteiger partial charge in [0.2, 0.25) is 0 Å². The molecule has 0 aromatic heterocycles. The molecule has 0 bridgehead atoms. The van der Waals surface area contributed by atoms with Crippen molar-refractivity contribution in [2.45, 2.75) is 32.1 Å². The van der Waals surface area contributed by atoms with E-state index in [1.165, 1.54) is 38.6 Å². The average molecular weight is 156 g/mol. The third-order valence-corrected chi connectivity index (χ3v) is 2.73. The van der Waals surface area contributed by atoms with E-state index in [4.69, 9.17) is 0 Å². The number of hydrogen-bond donors (Lipinski definition) is 1. The molecule has 1 aliphatic carbocycles. The Balaban J connectivity index is 2.01. The van der Waals surface area contributed by atoms with Gasteiger partial charge in [-0.05, 0) is 19.4 Å². The van der Waals surface area contributed by atoms with Crippen molar-refractivity contribution in [1.82, 2.24) is 10.4 Å². The Labute approximate surface area is 69.9 Å². The fraction of sp³-hybridized carbons (Fsp3) is 1.00. The summed E-state index contributed by atoms with van der Waals surface area (Å²) in [7, 11) is 4.09. The summed E-state index contributed by atoms with van der Waals surface area (Å²) in [5, 5.41) is 2.16. The lowest BCUT2D eigenvalue weighted by Crippen LogP contribution is -2.32. The Morgan fingerprint density at radius 3 is 2.55 bits per heavy atom. The zero-order valence-corrected chi connectivity index (χ0v) is 7.77. The van der Waals surface area contributed by atoms with E-state index in [0.717, 1.165) is 5.92 Å². The van der Waals surface area contributed by atoms with Gasteiger partial charge in [-0.3, -0.25) is 5.43 Å². The predicted octanol–water partition coefficient (Wildman–Crippen LogP) is 1.63. The molecule has 1 rings (SSSR count). The fourth-order valence-corrected chi connectivity index (χ4v) is 1.79. The Bertz CT molecular complexity index is 97.7. The smallest absolute Gasteiger partial charge is 0.0130 e. The van der Waals surface area contributed by atoms with Crippen LogP contribution in [-0.2, 0) is 0 Å². The third-order valence-electron chi connectivity index (χ3n) is 2.73. The van der Waals surface area contributed by atoms with Gasteiger partial charge >= 0.3 is 0 Å². The molecule has 0 unspecified atom stereocenters. The van der Waals surface area contributed by atoms with Crippen LogP contribution < -0.4 is 5.43 Å². The molecule has 66 valence electrons. The van der Waals surface area contributed by atoms with Crippen LogP contribution in [0.15, 0.2) is 0 Å². The van der Waals surface area contributed by atoms with Crippen molar-refractivity contribution in [1.29, 1.82) is 0 Å². The van der Waals surface area contributed by atoms with Crippen molar-refractivity contribution >= 4 is 0 Å². The summed E-state index contributed by atoms with van der Waals surface area (Å²) in [5.41, 5.74) is 3.12. The van der Waals surface area contributed by atoms with Crippen molar-refractivity contribution in [3.63, 3.8) is 0 Å². The maximum atomic E-state index is 3.12. The molecule has 2 heteroatoms. The van der Waals surface area contributed by atoms with Crippen LogP contribution in [0.25, 0.3) is 0 Å². The van der Waals surface area contributed by atoms with Gasteiger partial charge in [0, 0.05) is 13.6 Å². The molecule has 0 aliphatic heterocycles. The summed E-state index contributed by atoms with van der Waals surface area (Å²) >= 11 is 0. The van der Waals surface area contributed by atoms with E-state index in [2.05, 4.69) is 17.5 Å². The Morgan fingerprint density at radius 1 is 1.36 bits per heavy atom. The summed E-state index contributed by atoms with van der Waals surface area (Å²) in [6.45, 7) is 1.20. The Morgan fingerprint density at radius 2 is 2.00 bits per heavy atom. The number of nitrogens with one attached hydrogen (secondary N) is 1. The number of hydrazine groups is 1. The summed E-state index contributed by atoms with van der Waals surface area (Å²) in [5.74, 6) is 1.02. The fourth-order valence-electron chi connectivity index (χ4n) is 1.79. The van der Waals surface area contributed by atoms with Crippen LogP contribution >= 0.6 is 0 Å². The highest BCUT2D eigenvalue weighted by Crippen LogP contribution is 2.27. The summed E-state index contributed by atoms with van der Waals surface area (Å²) < 4.78 is 0. The highest BCUT2D eigenvalue weighted by molar-refractivity contribution is 4.67. The molecule has 0 spiro atoms. The highest BCUT2D eigenvalue weighted by atomic mass is 15.5. The zero-order valence-electron chi connectivity index (χ0n) is 7.77. The van der Waals surface area contributed by atoms with Crippen LogP contribution in [0.5, 0.6) is 0 Å². The second kappa shape index (κ2) is 4.73. The quantitative estimate of drug-likeness (QED) is 0.622. The van der Waals surface area contributed by atoms with Gasteiger partial charge in [-0.15, -0.1) is 0 Å². The van der Waals surface area contributed by atoms with Crippen molar-refractivity contribution in [2.24, 2.45) is 5.92 Å². The van der Waals surface area contributed by atoms with Crippen LogP contribution in [0.4, 0.5) is 0 Å². The maximum absolute atomic E-state index is 3.12. The van der Waals surface area contributed by atoms with Crippen molar-refractivity contribution < 1.29 is 0 Å². The van der Waals surface area contributed by atoms with E-state index in [0.29, 0.717) is 0 Å². The second-order valence-corrected chi connectivity index (χ2v) is 3.58. The summed E-state index contributed by atoms with van der Waals surface area (Å²) in [6, 6.07) is 0. The lowest BCUT2D eigenvalue weighted by Gasteiger charge is -2.17. The van der Waals surface area contributed by atoms with E-state index in [9.17, 15) is 0 Å². The lowest BCUT2D eigenvalue weighted by molar-refractivity contribution is 0.239. The molecule has 1 aliphatic rings. The molecule has 1 fully saturated rings. The number of rotatable bonds is 4. The monoisotopic (exact) mass is 156 g/mol. The average Bonchev–Trinajstić information content (AvgIpc) is 2.52. The van der Waals surface area contributed by atoms with E-state index in [1.807, 2.05) is 7.05 Å². The van der Waals surface area contributed by atoms with Gasteiger partial charge in [0.25, 0.3) is 0 Å². The summed E-state index contributed by atoms with van der Waals surface area (Å²) in [6.07, 6.45) is 7.24. The molecule has 0 radical (unpaired) electrons. The minimum atomic E-state index is 1.02. The molecule has 0 amide bonds.